The summed E-state index contributed by atoms with van der Waals surface area (Å²) < 4.78 is 22.1. The molecule has 2 aromatic rings. The molecule has 1 N–H and O–H groups in total. The zero-order chi connectivity index (χ0) is 32.9. The molecule has 2 heterocycles. The molecule has 0 aliphatic carbocycles. The molecule has 0 spiro atoms. The summed E-state index contributed by atoms with van der Waals surface area (Å²) in [6.45, 7) is 5.19. The number of hydrogen-bond donors (Lipinski definition) is 1. The van der Waals surface area contributed by atoms with Crippen molar-refractivity contribution in [3.05, 3.63) is 92.3 Å². The molecule has 0 saturated carbocycles. The number of nitrogens with one attached hydrogen (secondary N) is 1. The number of carbonyl (C=O) groups excluding carboxylic acids is 2. The number of thioether (sulfide) groups is 1. The Morgan fingerprint density at radius 2 is 1.72 bits per heavy atom. The van der Waals surface area contributed by atoms with Crippen LogP contribution in [0.3, 0.4) is 0 Å². The first-order valence-electron chi connectivity index (χ1n) is 15.9. The minimum absolute atomic E-state index is 0.0176. The summed E-state index contributed by atoms with van der Waals surface area (Å²) in [6.07, 6.45) is 7.94. The third kappa shape index (κ3) is 9.91. The third-order valence-corrected chi connectivity index (χ3v) is 9.16. The van der Waals surface area contributed by atoms with Gasteiger partial charge in [-0.05, 0) is 94.2 Å². The maximum atomic E-state index is 13.4. The average molecular weight is 653 g/mol. The molecule has 0 amide bonds. The van der Waals surface area contributed by atoms with Crippen LogP contribution in [0.25, 0.3) is 0 Å². The Morgan fingerprint density at radius 3 is 2.41 bits per heavy atom. The van der Waals surface area contributed by atoms with Crippen LogP contribution < -0.4 is 5.32 Å². The molecule has 1 saturated heterocycles. The molecule has 2 unspecified atom stereocenters. The molecule has 248 valence electrons. The number of benzene rings is 2. The Labute approximate surface area is 275 Å². The van der Waals surface area contributed by atoms with Gasteiger partial charge in [0.05, 0.1) is 35.7 Å². The summed E-state index contributed by atoms with van der Waals surface area (Å²) >= 11 is 1.77. The lowest BCUT2D eigenvalue weighted by atomic mass is 9.80. The van der Waals surface area contributed by atoms with Crippen LogP contribution in [0.15, 0.2) is 76.0 Å². The highest BCUT2D eigenvalue weighted by Gasteiger charge is 2.38. The van der Waals surface area contributed by atoms with Gasteiger partial charge in [0.15, 0.2) is 6.29 Å². The predicted molar refractivity (Wildman–Crippen MR) is 176 cm³/mol. The number of nitro benzene ring substituents is 1. The maximum Gasteiger partial charge on any atom is 0.336 e. The van der Waals surface area contributed by atoms with E-state index in [4.69, 9.17) is 18.9 Å². The van der Waals surface area contributed by atoms with E-state index in [1.807, 2.05) is 0 Å². The maximum absolute atomic E-state index is 13.4. The number of allylic oxidation sites excluding steroid dienone is 2. The van der Waals surface area contributed by atoms with E-state index in [0.717, 1.165) is 57.5 Å². The van der Waals surface area contributed by atoms with Gasteiger partial charge in [0.25, 0.3) is 5.69 Å². The third-order valence-electron chi connectivity index (χ3n) is 8.07. The van der Waals surface area contributed by atoms with Gasteiger partial charge in [0.1, 0.15) is 0 Å². The molecule has 2 aliphatic rings. The molecule has 46 heavy (non-hydrogen) atoms. The van der Waals surface area contributed by atoms with Gasteiger partial charge in [-0.2, -0.15) is 0 Å². The van der Waals surface area contributed by atoms with E-state index >= 15 is 0 Å². The smallest absolute Gasteiger partial charge is 0.336 e. The number of esters is 2. The van der Waals surface area contributed by atoms with Crippen LogP contribution in [0.2, 0.25) is 0 Å². The van der Waals surface area contributed by atoms with Crippen LogP contribution in [0.1, 0.15) is 75.8 Å². The van der Waals surface area contributed by atoms with E-state index in [2.05, 4.69) is 29.6 Å². The van der Waals surface area contributed by atoms with Crippen LogP contribution in [-0.2, 0) is 35.0 Å². The first-order valence-corrected chi connectivity index (χ1v) is 16.9. The summed E-state index contributed by atoms with van der Waals surface area (Å²) in [6, 6.07) is 14.6. The summed E-state index contributed by atoms with van der Waals surface area (Å²) in [5.41, 5.74) is 3.08. The zero-order valence-corrected chi connectivity index (χ0v) is 27.7. The van der Waals surface area contributed by atoms with E-state index in [-0.39, 0.29) is 29.7 Å². The number of non-ortho nitro benzene ring substituents is 1. The first kappa shape index (κ1) is 35.2. The van der Waals surface area contributed by atoms with Crippen molar-refractivity contribution in [3.63, 3.8) is 0 Å². The van der Waals surface area contributed by atoms with E-state index < -0.39 is 22.8 Å². The number of carbonyl (C=O) groups is 2. The Bertz CT molecular complexity index is 1420. The number of dihydropyridines is 1. The quantitative estimate of drug-likeness (QED) is 0.0667. The highest BCUT2D eigenvalue weighted by molar-refractivity contribution is 7.99. The van der Waals surface area contributed by atoms with Crippen LogP contribution in [0.4, 0.5) is 5.69 Å². The number of nitro groups is 1. The van der Waals surface area contributed by atoms with Crippen molar-refractivity contribution >= 4 is 29.4 Å². The molecular formula is C35H44N2O8S. The topological polar surface area (TPSA) is 126 Å². The molecule has 2 aliphatic heterocycles. The lowest BCUT2D eigenvalue weighted by molar-refractivity contribution is -0.384. The number of ether oxygens (including phenoxy) is 4. The van der Waals surface area contributed by atoms with E-state index in [1.165, 1.54) is 42.2 Å². The van der Waals surface area contributed by atoms with E-state index in [0.29, 0.717) is 23.4 Å². The highest BCUT2D eigenvalue weighted by atomic mass is 32.2. The number of aryl methyl sites for hydroxylation is 1. The largest absolute Gasteiger partial charge is 0.466 e. The number of nitrogens with zero attached hydrogens (tertiary/aromatic N) is 1. The van der Waals surface area contributed by atoms with Crippen LogP contribution >= 0.6 is 11.8 Å². The lowest BCUT2D eigenvalue weighted by Crippen LogP contribution is -2.32. The van der Waals surface area contributed by atoms with Gasteiger partial charge in [0, 0.05) is 41.6 Å². The Morgan fingerprint density at radius 1 is 0.978 bits per heavy atom. The minimum atomic E-state index is -0.871. The molecule has 0 radical (unpaired) electrons. The van der Waals surface area contributed by atoms with Crippen LogP contribution in [0.5, 0.6) is 0 Å². The SMILES string of the molecule is COC(=O)C1=C(C)NC(C)=C(C(=O)OCCCCSc2ccc(CCCCOC3CCCCO3)cc2)C1c1cccc([N+](=O)[O-])c1. The van der Waals surface area contributed by atoms with Crippen LogP contribution in [-0.4, -0.2) is 55.8 Å². The number of hydrogen-bond acceptors (Lipinski definition) is 10. The molecule has 10 nitrogen and oxygen atoms in total. The van der Waals surface area contributed by atoms with Crippen molar-refractivity contribution in [2.24, 2.45) is 0 Å². The summed E-state index contributed by atoms with van der Waals surface area (Å²) in [5.74, 6) is -1.19. The van der Waals surface area contributed by atoms with Gasteiger partial charge in [0.2, 0.25) is 0 Å². The molecule has 0 aromatic heterocycles. The lowest BCUT2D eigenvalue weighted by Gasteiger charge is -2.30. The second-order valence-electron chi connectivity index (χ2n) is 11.4. The normalized spacial score (nSPS) is 18.2. The standard InChI is InChI=1S/C35H44N2O8S/c1-24-31(34(38)42-3)33(27-12-10-13-28(23-27)37(40)41)32(25(2)36-24)35(39)45-21-8-9-22-46-29-17-15-26(16-18-29)11-4-6-19-43-30-14-5-7-20-44-30/h10,12-13,15-18,23,30,33,36H,4-9,11,14,19-22H2,1-3H3. The highest BCUT2D eigenvalue weighted by Crippen LogP contribution is 2.40. The predicted octanol–water partition coefficient (Wildman–Crippen LogP) is 6.98. The van der Waals surface area contributed by atoms with Crippen molar-refractivity contribution in [2.75, 3.05) is 32.7 Å². The van der Waals surface area contributed by atoms with Gasteiger partial charge >= 0.3 is 11.9 Å². The zero-order valence-electron chi connectivity index (χ0n) is 26.9. The second-order valence-corrected chi connectivity index (χ2v) is 12.6. The fraction of sp³-hybridized carbons (Fsp3) is 0.486. The van der Waals surface area contributed by atoms with E-state index in [9.17, 15) is 19.7 Å². The van der Waals surface area contributed by atoms with Crippen molar-refractivity contribution in [1.82, 2.24) is 5.32 Å². The van der Waals surface area contributed by atoms with Gasteiger partial charge < -0.3 is 24.3 Å². The monoisotopic (exact) mass is 652 g/mol. The summed E-state index contributed by atoms with van der Waals surface area (Å²) in [7, 11) is 1.26. The van der Waals surface area contributed by atoms with Gasteiger partial charge in [-0.3, -0.25) is 10.1 Å². The molecule has 1 fully saturated rings. The van der Waals surface area contributed by atoms with Crippen molar-refractivity contribution in [3.8, 4) is 0 Å². The molecule has 2 aromatic carbocycles. The average Bonchev–Trinajstić information content (AvgIpc) is 3.06. The van der Waals surface area contributed by atoms with Gasteiger partial charge in [-0.25, -0.2) is 9.59 Å². The molecule has 4 rings (SSSR count). The fourth-order valence-corrected chi connectivity index (χ4v) is 6.59. The summed E-state index contributed by atoms with van der Waals surface area (Å²) in [4.78, 5) is 38.4. The molecule has 2 atom stereocenters. The number of rotatable bonds is 16. The molecule has 11 heteroatoms. The van der Waals surface area contributed by atoms with E-state index in [1.54, 1.807) is 31.7 Å². The van der Waals surface area contributed by atoms with Gasteiger partial charge in [-0.1, -0.05) is 24.3 Å². The first-order chi connectivity index (χ1) is 22.3. The van der Waals surface area contributed by atoms with Crippen molar-refractivity contribution in [2.45, 2.75) is 82.3 Å². The van der Waals surface area contributed by atoms with Crippen molar-refractivity contribution in [1.29, 1.82) is 0 Å². The Kier molecular flexibility index (Phi) is 13.7. The second kappa shape index (κ2) is 17.9. The van der Waals surface area contributed by atoms with Gasteiger partial charge in [-0.15, -0.1) is 11.8 Å². The molecule has 0 bridgehead atoms. The number of methoxy groups -OCH3 is 1. The van der Waals surface area contributed by atoms with Crippen molar-refractivity contribution < 1.29 is 33.5 Å². The Balaban J connectivity index is 1.22. The summed E-state index contributed by atoms with van der Waals surface area (Å²) in [5, 5.41) is 14.5. The minimum Gasteiger partial charge on any atom is -0.466 e. The fourth-order valence-electron chi connectivity index (χ4n) is 5.67. The van der Waals surface area contributed by atoms with Crippen LogP contribution in [0, 0.1) is 10.1 Å². The number of unbranched alkanes of at least 4 members (excludes halogenated alkanes) is 2. The Hall–Kier alpha value is -3.67. The molecular weight excluding hydrogens is 608 g/mol.